The van der Waals surface area contributed by atoms with Crippen LogP contribution in [0.3, 0.4) is 0 Å². The molecule has 0 aliphatic heterocycles. The maximum Gasteiger partial charge on any atom is 0.264 e. The number of aryl methyl sites for hydroxylation is 1. The molecule has 10 heteroatoms. The minimum absolute atomic E-state index is 0.00685. The zero-order valence-electron chi connectivity index (χ0n) is 25.7. The third kappa shape index (κ3) is 9.15. The maximum atomic E-state index is 14.4. The lowest BCUT2D eigenvalue weighted by Gasteiger charge is -2.35. The molecule has 0 aromatic heterocycles. The van der Waals surface area contributed by atoms with Crippen LogP contribution in [0.15, 0.2) is 108 Å². The maximum absolute atomic E-state index is 14.4. The summed E-state index contributed by atoms with van der Waals surface area (Å²) < 4.78 is 42.9. The fourth-order valence-electron chi connectivity index (χ4n) is 4.77. The van der Waals surface area contributed by atoms with Gasteiger partial charge in [0.25, 0.3) is 10.0 Å². The van der Waals surface area contributed by atoms with Crippen molar-refractivity contribution in [3.05, 3.63) is 131 Å². The van der Waals surface area contributed by atoms with Crippen LogP contribution in [-0.2, 0) is 32.6 Å². The Morgan fingerprint density at radius 3 is 2.02 bits per heavy atom. The van der Waals surface area contributed by atoms with Crippen molar-refractivity contribution in [3.8, 4) is 0 Å². The molecular formula is C35H37ClFN3O4S. The van der Waals surface area contributed by atoms with Gasteiger partial charge >= 0.3 is 0 Å². The Bertz CT molecular complexity index is 1710. The van der Waals surface area contributed by atoms with Gasteiger partial charge in [-0.1, -0.05) is 71.8 Å². The number of halogens is 2. The smallest absolute Gasteiger partial charge is 0.264 e. The first-order valence-corrected chi connectivity index (χ1v) is 16.3. The third-order valence-corrected chi connectivity index (χ3v) is 9.08. The van der Waals surface area contributed by atoms with Crippen LogP contribution >= 0.6 is 11.6 Å². The Morgan fingerprint density at radius 2 is 1.44 bits per heavy atom. The molecular weight excluding hydrogens is 613 g/mol. The van der Waals surface area contributed by atoms with E-state index in [4.69, 9.17) is 11.6 Å². The van der Waals surface area contributed by atoms with Crippen LogP contribution in [0.25, 0.3) is 0 Å². The van der Waals surface area contributed by atoms with Crippen LogP contribution in [0, 0.1) is 12.7 Å². The van der Waals surface area contributed by atoms with E-state index in [9.17, 15) is 22.4 Å². The molecule has 236 valence electrons. The highest BCUT2D eigenvalue weighted by Crippen LogP contribution is 2.26. The van der Waals surface area contributed by atoms with Crippen LogP contribution in [-0.4, -0.2) is 43.3 Å². The van der Waals surface area contributed by atoms with Gasteiger partial charge in [-0.05, 0) is 87.4 Å². The zero-order valence-corrected chi connectivity index (χ0v) is 27.3. The zero-order chi connectivity index (χ0) is 32.8. The SMILES string of the molecule is Cc1ccc(S(=O)(=O)N(CC(=O)N(Cc2ccc(Cl)cc2)C(Cc2ccccc2)C(=O)NC(C)(C)C)c2ccc(F)cc2)cc1. The number of hydrogen-bond donors (Lipinski definition) is 1. The number of amides is 2. The Balaban J connectivity index is 1.81. The molecule has 0 heterocycles. The molecule has 1 unspecified atom stereocenters. The first kappa shape index (κ1) is 33.7. The highest BCUT2D eigenvalue weighted by molar-refractivity contribution is 7.92. The second-order valence-electron chi connectivity index (χ2n) is 11.9. The first-order valence-electron chi connectivity index (χ1n) is 14.5. The molecule has 2 amide bonds. The van der Waals surface area contributed by atoms with Crippen LogP contribution in [0.5, 0.6) is 0 Å². The summed E-state index contributed by atoms with van der Waals surface area (Å²) in [4.78, 5) is 29.7. The molecule has 0 bridgehead atoms. The summed E-state index contributed by atoms with van der Waals surface area (Å²) in [6.07, 6.45) is 0.184. The van der Waals surface area contributed by atoms with E-state index in [2.05, 4.69) is 5.32 Å². The van der Waals surface area contributed by atoms with Crippen molar-refractivity contribution >= 4 is 39.1 Å². The number of rotatable bonds is 11. The van der Waals surface area contributed by atoms with Crippen LogP contribution < -0.4 is 9.62 Å². The molecule has 0 saturated carbocycles. The average molecular weight is 650 g/mol. The molecule has 1 N–H and O–H groups in total. The first-order chi connectivity index (χ1) is 21.2. The minimum atomic E-state index is -4.28. The topological polar surface area (TPSA) is 86.8 Å². The van der Waals surface area contributed by atoms with Crippen molar-refractivity contribution in [3.63, 3.8) is 0 Å². The molecule has 0 saturated heterocycles. The molecule has 4 aromatic carbocycles. The van der Waals surface area contributed by atoms with E-state index in [-0.39, 0.29) is 29.5 Å². The van der Waals surface area contributed by atoms with E-state index in [1.165, 1.54) is 29.2 Å². The standard InChI is InChI=1S/C35H37ClFN3O4S/c1-25-10-20-31(21-11-25)45(43,44)40(30-18-16-29(37)17-19-30)24-33(41)39(23-27-12-14-28(36)15-13-27)32(34(42)38-35(2,3)4)22-26-8-6-5-7-9-26/h5-21,32H,22-24H2,1-4H3,(H,38,42). The van der Waals surface area contributed by atoms with E-state index in [1.54, 1.807) is 36.4 Å². The Hall–Kier alpha value is -4.21. The molecule has 0 radical (unpaired) electrons. The Labute approximate surface area is 269 Å². The number of nitrogens with one attached hydrogen (secondary N) is 1. The fourth-order valence-corrected chi connectivity index (χ4v) is 6.31. The van der Waals surface area contributed by atoms with Crippen LogP contribution in [0.1, 0.15) is 37.5 Å². The largest absolute Gasteiger partial charge is 0.350 e. The van der Waals surface area contributed by atoms with Gasteiger partial charge < -0.3 is 10.2 Å². The summed E-state index contributed by atoms with van der Waals surface area (Å²) in [5, 5.41) is 3.50. The van der Waals surface area contributed by atoms with Crippen LogP contribution in [0.4, 0.5) is 10.1 Å². The Morgan fingerprint density at radius 1 is 0.844 bits per heavy atom. The van der Waals surface area contributed by atoms with Crippen molar-refractivity contribution in [1.29, 1.82) is 0 Å². The number of sulfonamides is 1. The third-order valence-electron chi connectivity index (χ3n) is 7.04. The summed E-state index contributed by atoms with van der Waals surface area (Å²) in [6, 6.07) is 26.3. The summed E-state index contributed by atoms with van der Waals surface area (Å²) >= 11 is 6.12. The Kier molecular flexibility index (Phi) is 10.7. The molecule has 0 spiro atoms. The number of hydrogen-bond acceptors (Lipinski definition) is 4. The summed E-state index contributed by atoms with van der Waals surface area (Å²) in [7, 11) is -4.28. The van der Waals surface area contributed by atoms with Crippen molar-refractivity contribution < 1.29 is 22.4 Å². The van der Waals surface area contributed by atoms with E-state index < -0.39 is 39.9 Å². The molecule has 1 atom stereocenters. The molecule has 0 aliphatic rings. The monoisotopic (exact) mass is 649 g/mol. The fraction of sp³-hybridized carbons (Fsp3) is 0.257. The lowest BCUT2D eigenvalue weighted by molar-refractivity contribution is -0.140. The molecule has 4 rings (SSSR count). The van der Waals surface area contributed by atoms with E-state index in [1.807, 2.05) is 58.0 Å². The van der Waals surface area contributed by atoms with Crippen LogP contribution in [0.2, 0.25) is 5.02 Å². The van der Waals surface area contributed by atoms with E-state index >= 15 is 0 Å². The number of anilines is 1. The number of carbonyl (C=O) groups excluding carboxylic acids is 2. The van der Waals surface area contributed by atoms with Gasteiger partial charge in [0.2, 0.25) is 11.8 Å². The number of benzene rings is 4. The van der Waals surface area contributed by atoms with Gasteiger partial charge in [0.1, 0.15) is 18.4 Å². The van der Waals surface area contributed by atoms with Crippen molar-refractivity contribution in [2.24, 2.45) is 0 Å². The van der Waals surface area contributed by atoms with Gasteiger partial charge in [-0.3, -0.25) is 13.9 Å². The summed E-state index contributed by atoms with van der Waals surface area (Å²) in [5.41, 5.74) is 1.89. The van der Waals surface area contributed by atoms with E-state index in [0.29, 0.717) is 10.6 Å². The predicted octanol–water partition coefficient (Wildman–Crippen LogP) is 6.54. The van der Waals surface area contributed by atoms with Crippen molar-refractivity contribution in [1.82, 2.24) is 10.2 Å². The number of nitrogens with zero attached hydrogens (tertiary/aromatic N) is 2. The van der Waals surface area contributed by atoms with Gasteiger partial charge in [-0.15, -0.1) is 0 Å². The molecule has 0 fully saturated rings. The molecule has 45 heavy (non-hydrogen) atoms. The van der Waals surface area contributed by atoms with Crippen molar-refractivity contribution in [2.75, 3.05) is 10.8 Å². The second-order valence-corrected chi connectivity index (χ2v) is 14.2. The summed E-state index contributed by atoms with van der Waals surface area (Å²) in [6.45, 7) is 6.75. The highest BCUT2D eigenvalue weighted by atomic mass is 35.5. The lowest BCUT2D eigenvalue weighted by Crippen LogP contribution is -2.56. The predicted molar refractivity (Wildman–Crippen MR) is 176 cm³/mol. The molecule has 7 nitrogen and oxygen atoms in total. The average Bonchev–Trinajstić information content (AvgIpc) is 2.99. The quantitative estimate of drug-likeness (QED) is 0.200. The molecule has 0 aliphatic carbocycles. The van der Waals surface area contributed by atoms with E-state index in [0.717, 1.165) is 27.6 Å². The molecule has 4 aromatic rings. The van der Waals surface area contributed by atoms with Crippen molar-refractivity contribution in [2.45, 2.75) is 57.1 Å². The minimum Gasteiger partial charge on any atom is -0.350 e. The normalized spacial score (nSPS) is 12.3. The summed E-state index contributed by atoms with van der Waals surface area (Å²) in [5.74, 6) is -1.55. The van der Waals surface area contributed by atoms with Gasteiger partial charge in [0.15, 0.2) is 0 Å². The second kappa shape index (κ2) is 14.3. The van der Waals surface area contributed by atoms with Gasteiger partial charge in [-0.25, -0.2) is 12.8 Å². The lowest BCUT2D eigenvalue weighted by atomic mass is 10.0. The van der Waals surface area contributed by atoms with Gasteiger partial charge in [0, 0.05) is 23.5 Å². The van der Waals surface area contributed by atoms with Gasteiger partial charge in [0.05, 0.1) is 10.6 Å². The number of carbonyl (C=O) groups is 2. The van der Waals surface area contributed by atoms with Gasteiger partial charge in [-0.2, -0.15) is 0 Å². The highest BCUT2D eigenvalue weighted by Gasteiger charge is 2.35.